The second-order valence-corrected chi connectivity index (χ2v) is 6.99. The fraction of sp³-hybridized carbons (Fsp3) is 0.0556. The van der Waals surface area contributed by atoms with Crippen LogP contribution in [0.5, 0.6) is 0 Å². The van der Waals surface area contributed by atoms with E-state index >= 15 is 0 Å². The first kappa shape index (κ1) is 14.5. The molecule has 0 saturated heterocycles. The molecule has 0 aliphatic carbocycles. The van der Waals surface area contributed by atoms with Crippen molar-refractivity contribution in [2.45, 2.75) is 6.92 Å². The Morgan fingerprint density at radius 1 is 0.773 bits per heavy atom. The Morgan fingerprint density at radius 2 is 1.36 bits per heavy atom. The summed E-state index contributed by atoms with van der Waals surface area (Å²) < 4.78 is 25.8. The molecule has 3 nitrogen and oxygen atoms in total. The number of carbonyl (C=O) groups excluding carboxylic acids is 1. The third kappa shape index (κ3) is 2.42. The Kier molecular flexibility index (Phi) is 3.54. The molecule has 2 aromatic rings. The molecule has 0 bridgehead atoms. The van der Waals surface area contributed by atoms with Crippen LogP contribution in [0.25, 0.3) is 9.81 Å². The number of hydrogen-bond acceptors (Lipinski definition) is 3. The largest absolute Gasteiger partial charge is 0.290 e. The van der Waals surface area contributed by atoms with Gasteiger partial charge < -0.3 is 0 Å². The van der Waals surface area contributed by atoms with Gasteiger partial charge in [0.1, 0.15) is 0 Å². The third-order valence-corrected chi connectivity index (χ3v) is 5.44. The smallest absolute Gasteiger partial charge is 0.208 e. The highest BCUT2D eigenvalue weighted by Gasteiger charge is 2.31. The standard InChI is InChI=1S/C18H14O3S/c1-13-7-5-6-10-16(13)18-12-15(19)11-17(22(18,20)21)14-8-3-2-4-9-14/h2-12H,1H3. The molecule has 2 aromatic carbocycles. The van der Waals surface area contributed by atoms with Gasteiger partial charge in [0.25, 0.3) is 0 Å². The maximum absolute atomic E-state index is 12.9. The maximum atomic E-state index is 12.9. The lowest BCUT2D eigenvalue weighted by Crippen LogP contribution is -2.14. The molecule has 0 fully saturated rings. The van der Waals surface area contributed by atoms with Crippen molar-refractivity contribution >= 4 is 25.4 Å². The van der Waals surface area contributed by atoms with Crippen LogP contribution in [0.4, 0.5) is 0 Å². The van der Waals surface area contributed by atoms with Gasteiger partial charge in [-0.3, -0.25) is 4.79 Å². The van der Waals surface area contributed by atoms with Gasteiger partial charge in [0.05, 0.1) is 9.81 Å². The fourth-order valence-corrected chi connectivity index (χ4v) is 4.23. The summed E-state index contributed by atoms with van der Waals surface area (Å²) in [5, 5.41) is 0. The van der Waals surface area contributed by atoms with Crippen LogP contribution in [-0.4, -0.2) is 14.2 Å². The van der Waals surface area contributed by atoms with E-state index in [0.29, 0.717) is 11.1 Å². The van der Waals surface area contributed by atoms with Crippen LogP contribution in [0, 0.1) is 6.92 Å². The summed E-state index contributed by atoms with van der Waals surface area (Å²) >= 11 is 0. The average Bonchev–Trinajstić information content (AvgIpc) is 2.51. The Hall–Kier alpha value is -2.46. The minimum absolute atomic E-state index is 0.0545. The molecule has 3 rings (SSSR count). The number of allylic oxidation sites excluding steroid dienone is 2. The van der Waals surface area contributed by atoms with Gasteiger partial charge in [-0.15, -0.1) is 0 Å². The van der Waals surface area contributed by atoms with Crippen LogP contribution in [0.3, 0.4) is 0 Å². The highest BCUT2D eigenvalue weighted by atomic mass is 32.2. The number of carbonyl (C=O) groups is 1. The molecule has 0 atom stereocenters. The first-order valence-corrected chi connectivity index (χ1v) is 8.32. The zero-order valence-electron chi connectivity index (χ0n) is 12.0. The van der Waals surface area contributed by atoms with Gasteiger partial charge in [-0.25, -0.2) is 8.42 Å². The molecule has 0 spiro atoms. The topological polar surface area (TPSA) is 51.2 Å². The Bertz CT molecular complexity index is 904. The van der Waals surface area contributed by atoms with Crippen LogP contribution < -0.4 is 0 Å². The number of rotatable bonds is 2. The van der Waals surface area contributed by atoms with Crippen LogP contribution in [0.1, 0.15) is 16.7 Å². The van der Waals surface area contributed by atoms with E-state index in [2.05, 4.69) is 0 Å². The molecule has 0 saturated carbocycles. The number of ketones is 1. The van der Waals surface area contributed by atoms with E-state index in [4.69, 9.17) is 0 Å². The number of aryl methyl sites for hydroxylation is 1. The summed E-state index contributed by atoms with van der Waals surface area (Å²) in [4.78, 5) is 12.1. The van der Waals surface area contributed by atoms with Crippen molar-refractivity contribution < 1.29 is 13.2 Å². The number of sulfone groups is 1. The van der Waals surface area contributed by atoms with Crippen molar-refractivity contribution in [1.82, 2.24) is 0 Å². The lowest BCUT2D eigenvalue weighted by molar-refractivity contribution is -0.110. The van der Waals surface area contributed by atoms with E-state index in [1.165, 1.54) is 12.2 Å². The summed E-state index contributed by atoms with van der Waals surface area (Å²) in [5.41, 5.74) is 1.91. The molecule has 110 valence electrons. The summed E-state index contributed by atoms with van der Waals surface area (Å²) in [5.74, 6) is -0.313. The summed E-state index contributed by atoms with van der Waals surface area (Å²) in [6, 6.07) is 15.9. The lowest BCUT2D eigenvalue weighted by atomic mass is 10.1. The van der Waals surface area contributed by atoms with E-state index in [0.717, 1.165) is 5.56 Å². The van der Waals surface area contributed by atoms with Gasteiger partial charge in [-0.05, 0) is 23.6 Å². The molecule has 1 heterocycles. The normalized spacial score (nSPS) is 16.9. The van der Waals surface area contributed by atoms with Crippen LogP contribution >= 0.6 is 0 Å². The van der Waals surface area contributed by atoms with Gasteiger partial charge in [-0.2, -0.15) is 0 Å². The summed E-state index contributed by atoms with van der Waals surface area (Å²) in [6.45, 7) is 1.83. The van der Waals surface area contributed by atoms with Crippen LogP contribution in [0.2, 0.25) is 0 Å². The predicted octanol–water partition coefficient (Wildman–Crippen LogP) is 3.37. The van der Waals surface area contributed by atoms with Crippen molar-refractivity contribution in [3.8, 4) is 0 Å². The molecule has 22 heavy (non-hydrogen) atoms. The molecular formula is C18H14O3S. The van der Waals surface area contributed by atoms with Gasteiger partial charge in [0.2, 0.25) is 9.84 Å². The monoisotopic (exact) mass is 310 g/mol. The summed E-state index contributed by atoms with van der Waals surface area (Å²) in [6.07, 6.45) is 2.39. The van der Waals surface area contributed by atoms with Crippen molar-refractivity contribution in [2.24, 2.45) is 0 Å². The van der Waals surface area contributed by atoms with Crippen LogP contribution in [0.15, 0.2) is 66.7 Å². The van der Waals surface area contributed by atoms with Gasteiger partial charge in [-0.1, -0.05) is 54.6 Å². The first-order valence-electron chi connectivity index (χ1n) is 6.84. The molecular weight excluding hydrogens is 296 g/mol. The number of benzene rings is 2. The van der Waals surface area contributed by atoms with Crippen LogP contribution in [-0.2, 0) is 14.6 Å². The van der Waals surface area contributed by atoms with E-state index in [9.17, 15) is 13.2 Å². The van der Waals surface area contributed by atoms with Gasteiger partial charge in [0, 0.05) is 12.2 Å². The highest BCUT2D eigenvalue weighted by Crippen LogP contribution is 2.36. The number of hydrogen-bond donors (Lipinski definition) is 0. The van der Waals surface area contributed by atoms with E-state index in [-0.39, 0.29) is 15.6 Å². The molecule has 0 N–H and O–H groups in total. The van der Waals surface area contributed by atoms with E-state index in [1.807, 2.05) is 19.1 Å². The van der Waals surface area contributed by atoms with Crippen molar-refractivity contribution in [2.75, 3.05) is 0 Å². The van der Waals surface area contributed by atoms with E-state index in [1.54, 1.807) is 42.5 Å². The SMILES string of the molecule is Cc1ccccc1C1=CC(=O)C=C(c2ccccc2)S1(=O)=O. The summed E-state index contributed by atoms with van der Waals surface area (Å²) in [7, 11) is -3.72. The quantitative estimate of drug-likeness (QED) is 0.854. The minimum Gasteiger partial charge on any atom is -0.290 e. The Balaban J connectivity index is 2.20. The molecule has 1 aliphatic heterocycles. The third-order valence-electron chi connectivity index (χ3n) is 3.59. The first-order chi connectivity index (χ1) is 10.5. The van der Waals surface area contributed by atoms with E-state index < -0.39 is 9.84 Å². The maximum Gasteiger partial charge on any atom is 0.208 e. The molecule has 0 aromatic heterocycles. The second-order valence-electron chi connectivity index (χ2n) is 5.10. The second kappa shape index (κ2) is 5.39. The zero-order valence-corrected chi connectivity index (χ0v) is 12.8. The molecule has 1 aliphatic rings. The molecule has 0 radical (unpaired) electrons. The Labute approximate surface area is 129 Å². The fourth-order valence-electron chi connectivity index (χ4n) is 2.49. The predicted molar refractivity (Wildman–Crippen MR) is 87.5 cm³/mol. The van der Waals surface area contributed by atoms with Crippen molar-refractivity contribution in [1.29, 1.82) is 0 Å². The zero-order chi connectivity index (χ0) is 15.7. The minimum atomic E-state index is -3.72. The highest BCUT2D eigenvalue weighted by molar-refractivity contribution is 8.09. The average molecular weight is 310 g/mol. The van der Waals surface area contributed by atoms with Crippen molar-refractivity contribution in [3.63, 3.8) is 0 Å². The molecule has 0 unspecified atom stereocenters. The van der Waals surface area contributed by atoms with Crippen molar-refractivity contribution in [3.05, 3.63) is 83.4 Å². The van der Waals surface area contributed by atoms with Gasteiger partial charge >= 0.3 is 0 Å². The van der Waals surface area contributed by atoms with Gasteiger partial charge in [0.15, 0.2) is 5.78 Å². The Morgan fingerprint density at radius 3 is 2.05 bits per heavy atom. The molecule has 0 amide bonds. The molecule has 4 heteroatoms. The lowest BCUT2D eigenvalue weighted by Gasteiger charge is -2.17.